The Morgan fingerprint density at radius 2 is 2.00 bits per heavy atom. The molecule has 0 saturated heterocycles. The SMILES string of the molecule is CCN(CC)[C@H](CNC(=O)C[C@H]1C=CCC1)c1ccccc1. The van der Waals surface area contributed by atoms with Gasteiger partial charge in [-0.1, -0.05) is 56.3 Å². The van der Waals surface area contributed by atoms with Gasteiger partial charge in [-0.15, -0.1) is 0 Å². The van der Waals surface area contributed by atoms with Crippen LogP contribution in [0.25, 0.3) is 0 Å². The predicted octanol–water partition coefficient (Wildman–Crippen LogP) is 3.54. The Labute approximate surface area is 134 Å². The fraction of sp³-hybridized carbons (Fsp3) is 0.526. The van der Waals surface area contributed by atoms with Gasteiger partial charge in [-0.2, -0.15) is 0 Å². The van der Waals surface area contributed by atoms with Crippen molar-refractivity contribution in [1.29, 1.82) is 0 Å². The number of rotatable bonds is 8. The zero-order valence-electron chi connectivity index (χ0n) is 13.8. The highest BCUT2D eigenvalue weighted by Crippen LogP contribution is 2.21. The lowest BCUT2D eigenvalue weighted by molar-refractivity contribution is -0.122. The van der Waals surface area contributed by atoms with E-state index in [0.717, 1.165) is 25.9 Å². The van der Waals surface area contributed by atoms with E-state index >= 15 is 0 Å². The maximum absolute atomic E-state index is 12.2. The van der Waals surface area contributed by atoms with Crippen LogP contribution in [-0.2, 0) is 4.79 Å². The average molecular weight is 300 g/mol. The van der Waals surface area contributed by atoms with Crippen LogP contribution in [0, 0.1) is 5.92 Å². The first-order valence-corrected chi connectivity index (χ1v) is 8.47. The second-order valence-corrected chi connectivity index (χ2v) is 5.92. The van der Waals surface area contributed by atoms with Crippen LogP contribution in [0.2, 0.25) is 0 Å². The Kier molecular flexibility index (Phi) is 6.66. The Morgan fingerprint density at radius 1 is 1.27 bits per heavy atom. The molecule has 0 fully saturated rings. The lowest BCUT2D eigenvalue weighted by Crippen LogP contribution is -2.38. The summed E-state index contributed by atoms with van der Waals surface area (Å²) in [5, 5.41) is 3.14. The lowest BCUT2D eigenvalue weighted by Gasteiger charge is -2.30. The number of likely N-dealkylation sites (N-methyl/N-ethyl adjacent to an activating group) is 1. The van der Waals surface area contributed by atoms with Gasteiger partial charge in [-0.3, -0.25) is 9.69 Å². The van der Waals surface area contributed by atoms with Crippen LogP contribution in [0.15, 0.2) is 42.5 Å². The summed E-state index contributed by atoms with van der Waals surface area (Å²) in [6, 6.07) is 10.7. The van der Waals surface area contributed by atoms with E-state index in [2.05, 4.69) is 60.5 Å². The standard InChI is InChI=1S/C19H28N2O/c1-3-21(4-2)18(17-12-6-5-7-13-17)15-20-19(22)14-16-10-8-9-11-16/h5-8,10,12-13,16,18H,3-4,9,11,14-15H2,1-2H3,(H,20,22)/t16-,18+/m0/s1. The minimum atomic E-state index is 0.171. The van der Waals surface area contributed by atoms with Crippen molar-refractivity contribution in [2.45, 2.75) is 39.2 Å². The fourth-order valence-electron chi connectivity index (χ4n) is 3.18. The van der Waals surface area contributed by atoms with Gasteiger partial charge < -0.3 is 5.32 Å². The van der Waals surface area contributed by atoms with Crippen molar-refractivity contribution >= 4 is 5.91 Å². The van der Waals surface area contributed by atoms with Gasteiger partial charge in [0.2, 0.25) is 5.91 Å². The van der Waals surface area contributed by atoms with Crippen LogP contribution in [0.4, 0.5) is 0 Å². The van der Waals surface area contributed by atoms with Gasteiger partial charge in [0.05, 0.1) is 6.04 Å². The van der Waals surface area contributed by atoms with Crippen LogP contribution in [0.5, 0.6) is 0 Å². The summed E-state index contributed by atoms with van der Waals surface area (Å²) in [4.78, 5) is 14.6. The molecule has 0 bridgehead atoms. The molecule has 0 spiro atoms. The quantitative estimate of drug-likeness (QED) is 0.745. The van der Waals surface area contributed by atoms with E-state index in [9.17, 15) is 4.79 Å². The van der Waals surface area contributed by atoms with Crippen LogP contribution in [0.1, 0.15) is 44.7 Å². The van der Waals surface area contributed by atoms with Crippen molar-refractivity contribution < 1.29 is 4.79 Å². The molecule has 120 valence electrons. The zero-order valence-corrected chi connectivity index (χ0v) is 13.8. The number of carbonyl (C=O) groups excluding carboxylic acids is 1. The van der Waals surface area contributed by atoms with Crippen LogP contribution in [-0.4, -0.2) is 30.4 Å². The molecule has 0 saturated carbocycles. The lowest BCUT2D eigenvalue weighted by atomic mass is 10.0. The molecular formula is C19H28N2O. The van der Waals surface area contributed by atoms with E-state index in [1.807, 2.05) is 6.07 Å². The van der Waals surface area contributed by atoms with E-state index in [1.54, 1.807) is 0 Å². The van der Waals surface area contributed by atoms with E-state index in [1.165, 1.54) is 5.56 Å². The Bertz CT molecular complexity index is 479. The van der Waals surface area contributed by atoms with Gasteiger partial charge in [0, 0.05) is 13.0 Å². The number of hydrogen-bond acceptors (Lipinski definition) is 2. The third kappa shape index (κ3) is 4.70. The number of carbonyl (C=O) groups is 1. The molecule has 2 atom stereocenters. The molecule has 0 aliphatic heterocycles. The predicted molar refractivity (Wildman–Crippen MR) is 91.6 cm³/mol. The second-order valence-electron chi connectivity index (χ2n) is 5.92. The number of amides is 1. The maximum atomic E-state index is 12.2. The molecule has 0 aromatic heterocycles. The Balaban J connectivity index is 1.94. The first-order chi connectivity index (χ1) is 10.7. The largest absolute Gasteiger partial charge is 0.354 e. The fourth-order valence-corrected chi connectivity index (χ4v) is 3.18. The highest BCUT2D eigenvalue weighted by molar-refractivity contribution is 5.76. The van der Waals surface area contributed by atoms with Gasteiger partial charge >= 0.3 is 0 Å². The first kappa shape index (κ1) is 16.8. The van der Waals surface area contributed by atoms with Gasteiger partial charge in [-0.05, 0) is 37.4 Å². The Morgan fingerprint density at radius 3 is 2.59 bits per heavy atom. The van der Waals surface area contributed by atoms with E-state index in [-0.39, 0.29) is 11.9 Å². The topological polar surface area (TPSA) is 32.3 Å². The molecule has 22 heavy (non-hydrogen) atoms. The molecule has 1 aliphatic carbocycles. The van der Waals surface area contributed by atoms with Crippen molar-refractivity contribution in [2.75, 3.05) is 19.6 Å². The molecule has 1 amide bonds. The third-order valence-electron chi connectivity index (χ3n) is 4.49. The van der Waals surface area contributed by atoms with Gasteiger partial charge in [0.1, 0.15) is 0 Å². The summed E-state index contributed by atoms with van der Waals surface area (Å²) >= 11 is 0. The minimum Gasteiger partial charge on any atom is -0.354 e. The summed E-state index contributed by atoms with van der Waals surface area (Å²) < 4.78 is 0. The van der Waals surface area contributed by atoms with E-state index < -0.39 is 0 Å². The summed E-state index contributed by atoms with van der Waals surface area (Å²) in [6.07, 6.45) is 7.21. The molecule has 3 heteroatoms. The molecule has 0 heterocycles. The molecule has 1 aliphatic rings. The number of benzene rings is 1. The van der Waals surface area contributed by atoms with Crippen molar-refractivity contribution in [3.63, 3.8) is 0 Å². The molecule has 3 nitrogen and oxygen atoms in total. The Hall–Kier alpha value is -1.61. The monoisotopic (exact) mass is 300 g/mol. The summed E-state index contributed by atoms with van der Waals surface area (Å²) in [5.74, 6) is 0.605. The molecule has 0 radical (unpaired) electrons. The molecule has 0 unspecified atom stereocenters. The van der Waals surface area contributed by atoms with Crippen molar-refractivity contribution in [2.24, 2.45) is 5.92 Å². The highest BCUT2D eigenvalue weighted by atomic mass is 16.1. The van der Waals surface area contributed by atoms with Crippen molar-refractivity contribution in [3.8, 4) is 0 Å². The van der Waals surface area contributed by atoms with Gasteiger partial charge in [-0.25, -0.2) is 0 Å². The van der Waals surface area contributed by atoms with Crippen LogP contribution < -0.4 is 5.32 Å². The van der Waals surface area contributed by atoms with E-state index in [0.29, 0.717) is 18.9 Å². The molecule has 2 rings (SSSR count). The summed E-state index contributed by atoms with van der Waals surface area (Å²) in [7, 11) is 0. The molecule has 1 aromatic carbocycles. The van der Waals surface area contributed by atoms with E-state index in [4.69, 9.17) is 0 Å². The number of nitrogens with zero attached hydrogens (tertiary/aromatic N) is 1. The summed E-state index contributed by atoms with van der Waals surface area (Å²) in [6.45, 7) is 6.99. The molecule has 1 aromatic rings. The molecule has 1 N–H and O–H groups in total. The van der Waals surface area contributed by atoms with Gasteiger partial charge in [0.15, 0.2) is 0 Å². The summed E-state index contributed by atoms with van der Waals surface area (Å²) in [5.41, 5.74) is 1.27. The highest BCUT2D eigenvalue weighted by Gasteiger charge is 2.20. The molecular weight excluding hydrogens is 272 g/mol. The first-order valence-electron chi connectivity index (χ1n) is 8.47. The zero-order chi connectivity index (χ0) is 15.8. The maximum Gasteiger partial charge on any atom is 0.220 e. The number of nitrogens with one attached hydrogen (secondary N) is 1. The minimum absolute atomic E-state index is 0.171. The van der Waals surface area contributed by atoms with Crippen molar-refractivity contribution in [1.82, 2.24) is 10.2 Å². The second kappa shape index (κ2) is 8.74. The van der Waals surface area contributed by atoms with Gasteiger partial charge in [0.25, 0.3) is 0 Å². The third-order valence-corrected chi connectivity index (χ3v) is 4.49. The number of allylic oxidation sites excluding steroid dienone is 2. The number of hydrogen-bond donors (Lipinski definition) is 1. The van der Waals surface area contributed by atoms with Crippen molar-refractivity contribution in [3.05, 3.63) is 48.0 Å². The normalized spacial score (nSPS) is 18.6. The van der Waals surface area contributed by atoms with Crippen LogP contribution >= 0.6 is 0 Å². The average Bonchev–Trinajstić information content (AvgIpc) is 3.05. The smallest absolute Gasteiger partial charge is 0.220 e. The van der Waals surface area contributed by atoms with Crippen LogP contribution in [0.3, 0.4) is 0 Å².